The molecule has 0 amide bonds. The Bertz CT molecular complexity index is 337. The van der Waals surface area contributed by atoms with Crippen LogP contribution in [0.4, 0.5) is 0 Å². The van der Waals surface area contributed by atoms with E-state index in [2.05, 4.69) is 62.4 Å². The maximum absolute atomic E-state index is 5.65. The standard InChI is InChI=1S/C15H26N2O/c1-13(2)16-11-14-6-5-7-15(10-14)12-18-9-8-17(3)4/h5-7,10,13,16H,8-9,11-12H2,1-4H3. The lowest BCUT2D eigenvalue weighted by atomic mass is 10.1. The first-order chi connectivity index (χ1) is 8.58. The van der Waals surface area contributed by atoms with Crippen LogP contribution < -0.4 is 5.32 Å². The van der Waals surface area contributed by atoms with Crippen LogP contribution in [0.5, 0.6) is 0 Å². The molecule has 0 heterocycles. The molecule has 18 heavy (non-hydrogen) atoms. The van der Waals surface area contributed by atoms with E-state index in [4.69, 9.17) is 4.74 Å². The van der Waals surface area contributed by atoms with Crippen LogP contribution in [0.1, 0.15) is 25.0 Å². The second kappa shape index (κ2) is 8.25. The van der Waals surface area contributed by atoms with Gasteiger partial charge in [0.25, 0.3) is 0 Å². The second-order valence-corrected chi connectivity index (χ2v) is 5.21. The Balaban J connectivity index is 2.34. The van der Waals surface area contributed by atoms with Crippen LogP contribution >= 0.6 is 0 Å². The van der Waals surface area contributed by atoms with Gasteiger partial charge in [-0.3, -0.25) is 0 Å². The molecule has 0 saturated carbocycles. The molecule has 0 atom stereocenters. The Labute approximate surface area is 111 Å². The number of likely N-dealkylation sites (N-methyl/N-ethyl adjacent to an activating group) is 1. The Morgan fingerprint density at radius 2 is 1.94 bits per heavy atom. The third-order valence-corrected chi connectivity index (χ3v) is 2.66. The van der Waals surface area contributed by atoms with Crippen LogP contribution in [0.2, 0.25) is 0 Å². The highest BCUT2D eigenvalue weighted by Crippen LogP contribution is 2.07. The quantitative estimate of drug-likeness (QED) is 0.716. The summed E-state index contributed by atoms with van der Waals surface area (Å²) < 4.78 is 5.65. The van der Waals surface area contributed by atoms with Crippen molar-refractivity contribution in [1.29, 1.82) is 0 Å². The van der Waals surface area contributed by atoms with Gasteiger partial charge in [0.15, 0.2) is 0 Å². The zero-order chi connectivity index (χ0) is 13.4. The molecule has 0 unspecified atom stereocenters. The molecular formula is C15H26N2O. The van der Waals surface area contributed by atoms with E-state index in [0.717, 1.165) is 19.7 Å². The molecule has 102 valence electrons. The third kappa shape index (κ3) is 6.74. The fourth-order valence-electron chi connectivity index (χ4n) is 1.59. The first-order valence-electron chi connectivity index (χ1n) is 6.61. The molecule has 1 N–H and O–H groups in total. The largest absolute Gasteiger partial charge is 0.375 e. The first kappa shape index (κ1) is 15.2. The SMILES string of the molecule is CC(C)NCc1cccc(COCCN(C)C)c1. The lowest BCUT2D eigenvalue weighted by Crippen LogP contribution is -2.21. The van der Waals surface area contributed by atoms with Crippen LogP contribution in [0.25, 0.3) is 0 Å². The number of hydrogen-bond donors (Lipinski definition) is 1. The van der Waals surface area contributed by atoms with Gasteiger partial charge in [-0.1, -0.05) is 38.1 Å². The molecule has 0 aliphatic carbocycles. The van der Waals surface area contributed by atoms with Crippen molar-refractivity contribution in [2.24, 2.45) is 0 Å². The zero-order valence-electron chi connectivity index (χ0n) is 12.1. The van der Waals surface area contributed by atoms with Crippen LogP contribution in [-0.2, 0) is 17.9 Å². The minimum absolute atomic E-state index is 0.519. The van der Waals surface area contributed by atoms with Gasteiger partial charge in [0.2, 0.25) is 0 Å². The van der Waals surface area contributed by atoms with E-state index in [1.165, 1.54) is 11.1 Å². The number of benzene rings is 1. The monoisotopic (exact) mass is 250 g/mol. The van der Waals surface area contributed by atoms with Gasteiger partial charge in [0.1, 0.15) is 0 Å². The summed E-state index contributed by atoms with van der Waals surface area (Å²) in [6.07, 6.45) is 0. The van der Waals surface area contributed by atoms with Gasteiger partial charge < -0.3 is 15.0 Å². The summed E-state index contributed by atoms with van der Waals surface area (Å²) in [6, 6.07) is 9.10. The summed E-state index contributed by atoms with van der Waals surface area (Å²) in [5, 5.41) is 3.42. The summed E-state index contributed by atoms with van der Waals surface area (Å²) in [5.74, 6) is 0. The van der Waals surface area contributed by atoms with Gasteiger partial charge in [-0.2, -0.15) is 0 Å². The van der Waals surface area contributed by atoms with Crippen molar-refractivity contribution in [2.75, 3.05) is 27.2 Å². The summed E-state index contributed by atoms with van der Waals surface area (Å²) >= 11 is 0. The second-order valence-electron chi connectivity index (χ2n) is 5.21. The van der Waals surface area contributed by atoms with E-state index in [0.29, 0.717) is 12.6 Å². The molecule has 1 aromatic rings. The Morgan fingerprint density at radius 1 is 1.22 bits per heavy atom. The molecule has 1 rings (SSSR count). The summed E-state index contributed by atoms with van der Waals surface area (Å²) in [7, 11) is 4.11. The zero-order valence-corrected chi connectivity index (χ0v) is 12.1. The molecule has 1 aromatic carbocycles. The van der Waals surface area contributed by atoms with E-state index in [-0.39, 0.29) is 0 Å². The maximum Gasteiger partial charge on any atom is 0.0717 e. The van der Waals surface area contributed by atoms with Crippen molar-refractivity contribution in [1.82, 2.24) is 10.2 Å². The van der Waals surface area contributed by atoms with Gasteiger partial charge in [0.05, 0.1) is 13.2 Å². The van der Waals surface area contributed by atoms with Crippen molar-refractivity contribution in [3.05, 3.63) is 35.4 Å². The molecule has 0 fully saturated rings. The number of nitrogens with zero attached hydrogens (tertiary/aromatic N) is 1. The molecular weight excluding hydrogens is 224 g/mol. The summed E-state index contributed by atoms with van der Waals surface area (Å²) in [4.78, 5) is 2.13. The predicted octanol–water partition coefficient (Wildman–Crippen LogP) is 2.26. The van der Waals surface area contributed by atoms with Crippen molar-refractivity contribution in [3.8, 4) is 0 Å². The number of hydrogen-bond acceptors (Lipinski definition) is 3. The average molecular weight is 250 g/mol. The lowest BCUT2D eigenvalue weighted by Gasteiger charge is -2.11. The molecule has 0 aliphatic rings. The fraction of sp³-hybridized carbons (Fsp3) is 0.600. The Hall–Kier alpha value is -0.900. The van der Waals surface area contributed by atoms with E-state index < -0.39 is 0 Å². The molecule has 0 aromatic heterocycles. The number of rotatable bonds is 8. The fourth-order valence-corrected chi connectivity index (χ4v) is 1.59. The Kier molecular flexibility index (Phi) is 6.94. The van der Waals surface area contributed by atoms with Gasteiger partial charge in [0, 0.05) is 19.1 Å². The average Bonchev–Trinajstić information content (AvgIpc) is 2.32. The Morgan fingerprint density at radius 3 is 2.61 bits per heavy atom. The van der Waals surface area contributed by atoms with Crippen LogP contribution in [0.3, 0.4) is 0 Å². The van der Waals surface area contributed by atoms with Crippen molar-refractivity contribution < 1.29 is 4.74 Å². The van der Waals surface area contributed by atoms with Crippen LogP contribution in [0, 0.1) is 0 Å². The van der Waals surface area contributed by atoms with E-state index in [1.807, 2.05) is 0 Å². The van der Waals surface area contributed by atoms with E-state index in [9.17, 15) is 0 Å². The summed E-state index contributed by atoms with van der Waals surface area (Å²) in [5.41, 5.74) is 2.56. The predicted molar refractivity (Wildman–Crippen MR) is 76.6 cm³/mol. The molecule has 0 aliphatic heterocycles. The topological polar surface area (TPSA) is 24.5 Å². The molecule has 0 radical (unpaired) electrons. The highest BCUT2D eigenvalue weighted by Gasteiger charge is 1.98. The van der Waals surface area contributed by atoms with Gasteiger partial charge in [-0.05, 0) is 25.2 Å². The van der Waals surface area contributed by atoms with Crippen LogP contribution in [0.15, 0.2) is 24.3 Å². The smallest absolute Gasteiger partial charge is 0.0717 e. The van der Waals surface area contributed by atoms with Crippen LogP contribution in [-0.4, -0.2) is 38.2 Å². The highest BCUT2D eigenvalue weighted by atomic mass is 16.5. The minimum atomic E-state index is 0.519. The molecule has 0 bridgehead atoms. The third-order valence-electron chi connectivity index (χ3n) is 2.66. The molecule has 0 saturated heterocycles. The van der Waals surface area contributed by atoms with E-state index in [1.54, 1.807) is 0 Å². The van der Waals surface area contributed by atoms with Gasteiger partial charge >= 0.3 is 0 Å². The maximum atomic E-state index is 5.65. The highest BCUT2D eigenvalue weighted by molar-refractivity contribution is 5.22. The number of ether oxygens (including phenoxy) is 1. The van der Waals surface area contributed by atoms with Gasteiger partial charge in [-0.15, -0.1) is 0 Å². The van der Waals surface area contributed by atoms with E-state index >= 15 is 0 Å². The van der Waals surface area contributed by atoms with Crippen molar-refractivity contribution >= 4 is 0 Å². The van der Waals surface area contributed by atoms with Gasteiger partial charge in [-0.25, -0.2) is 0 Å². The first-order valence-corrected chi connectivity index (χ1v) is 6.61. The lowest BCUT2D eigenvalue weighted by molar-refractivity contribution is 0.105. The normalized spacial score (nSPS) is 11.4. The molecule has 0 spiro atoms. The molecule has 3 nitrogen and oxygen atoms in total. The minimum Gasteiger partial charge on any atom is -0.375 e. The van der Waals surface area contributed by atoms with Crippen molar-refractivity contribution in [2.45, 2.75) is 33.0 Å². The summed E-state index contributed by atoms with van der Waals surface area (Å²) in [6.45, 7) is 7.69. The van der Waals surface area contributed by atoms with Crippen molar-refractivity contribution in [3.63, 3.8) is 0 Å². The number of nitrogens with one attached hydrogen (secondary N) is 1. The molecule has 3 heteroatoms.